The molecule has 1 aliphatic rings. The first-order valence-electron chi connectivity index (χ1n) is 12.6. The molecule has 0 bridgehead atoms. The predicted molar refractivity (Wildman–Crippen MR) is 147 cm³/mol. The Hall–Kier alpha value is -3.56. The number of alkyl halides is 4. The molecule has 2 heterocycles. The SMILES string of the molecule is CNC(=O)c1cc(OCF)c(NCC#Cc2sc3c(NC4CCN(C)CC4)cccc3c2CC(F)(F)F)cc1F. The number of hydrogen-bond donors (Lipinski definition) is 3. The van der Waals surface area contributed by atoms with Crippen LogP contribution in [-0.2, 0) is 6.42 Å². The number of rotatable bonds is 8. The van der Waals surface area contributed by atoms with E-state index in [2.05, 4.69) is 39.7 Å². The van der Waals surface area contributed by atoms with Crippen molar-refractivity contribution in [2.45, 2.75) is 31.5 Å². The Morgan fingerprint density at radius 1 is 1.20 bits per heavy atom. The molecule has 3 aromatic rings. The highest BCUT2D eigenvalue weighted by Gasteiger charge is 2.31. The van der Waals surface area contributed by atoms with Gasteiger partial charge in [-0.05, 0) is 56.1 Å². The number of hydrogen-bond acceptors (Lipinski definition) is 6. The molecule has 1 saturated heterocycles. The maximum absolute atomic E-state index is 14.4. The summed E-state index contributed by atoms with van der Waals surface area (Å²) in [5.74, 6) is 3.95. The zero-order valence-electron chi connectivity index (χ0n) is 22.0. The highest BCUT2D eigenvalue weighted by molar-refractivity contribution is 7.20. The summed E-state index contributed by atoms with van der Waals surface area (Å²) in [7, 11) is 3.39. The number of nitrogens with zero attached hydrogens (tertiary/aromatic N) is 1. The van der Waals surface area contributed by atoms with Gasteiger partial charge in [0.15, 0.2) is 0 Å². The topological polar surface area (TPSA) is 65.6 Å². The second-order valence-corrected chi connectivity index (χ2v) is 10.4. The van der Waals surface area contributed by atoms with E-state index in [9.17, 15) is 26.7 Å². The van der Waals surface area contributed by atoms with E-state index in [0.717, 1.165) is 43.8 Å². The van der Waals surface area contributed by atoms with Crippen molar-refractivity contribution < 1.29 is 31.5 Å². The monoisotopic (exact) mass is 580 g/mol. The van der Waals surface area contributed by atoms with E-state index in [4.69, 9.17) is 4.74 Å². The first-order chi connectivity index (χ1) is 19.1. The van der Waals surface area contributed by atoms with E-state index in [0.29, 0.717) is 10.1 Å². The summed E-state index contributed by atoms with van der Waals surface area (Å²) < 4.78 is 73.5. The highest BCUT2D eigenvalue weighted by atomic mass is 32.1. The molecule has 214 valence electrons. The Morgan fingerprint density at radius 2 is 1.95 bits per heavy atom. The van der Waals surface area contributed by atoms with Crippen LogP contribution in [0.1, 0.15) is 33.6 Å². The Morgan fingerprint density at radius 3 is 2.62 bits per heavy atom. The van der Waals surface area contributed by atoms with Crippen molar-refractivity contribution in [1.82, 2.24) is 10.2 Å². The molecule has 1 aromatic heterocycles. The summed E-state index contributed by atoms with van der Waals surface area (Å²) in [5.41, 5.74) is 0.615. The molecule has 12 heteroatoms. The third-order valence-corrected chi connectivity index (χ3v) is 7.79. The fourth-order valence-electron chi connectivity index (χ4n) is 4.58. The number of carbonyl (C=O) groups excluding carboxylic acids is 1. The fraction of sp³-hybridized carbons (Fsp3) is 0.393. The molecule has 4 rings (SSSR count). The van der Waals surface area contributed by atoms with Crippen molar-refractivity contribution >= 4 is 38.7 Å². The van der Waals surface area contributed by atoms with Gasteiger partial charge in [0.25, 0.3) is 5.91 Å². The summed E-state index contributed by atoms with van der Waals surface area (Å²) in [5, 5.41) is 9.09. The Bertz CT molecular complexity index is 1420. The maximum atomic E-state index is 14.4. The van der Waals surface area contributed by atoms with Crippen LogP contribution in [0.25, 0.3) is 10.1 Å². The van der Waals surface area contributed by atoms with Crippen LogP contribution in [0.15, 0.2) is 30.3 Å². The average molecular weight is 581 g/mol. The van der Waals surface area contributed by atoms with E-state index >= 15 is 0 Å². The molecule has 0 unspecified atom stereocenters. The van der Waals surface area contributed by atoms with Crippen LogP contribution < -0.4 is 20.7 Å². The van der Waals surface area contributed by atoms with Gasteiger partial charge in [0, 0.05) is 19.2 Å². The lowest BCUT2D eigenvalue weighted by atomic mass is 10.0. The van der Waals surface area contributed by atoms with Gasteiger partial charge < -0.3 is 25.6 Å². The molecule has 3 N–H and O–H groups in total. The van der Waals surface area contributed by atoms with Gasteiger partial charge in [-0.2, -0.15) is 13.2 Å². The quantitative estimate of drug-likeness (QED) is 0.233. The first-order valence-corrected chi connectivity index (χ1v) is 13.4. The van der Waals surface area contributed by atoms with Gasteiger partial charge in [-0.25, -0.2) is 8.78 Å². The molecular weight excluding hydrogens is 551 g/mol. The molecule has 1 aliphatic heterocycles. The zero-order valence-corrected chi connectivity index (χ0v) is 22.8. The van der Waals surface area contributed by atoms with Crippen LogP contribution in [0, 0.1) is 17.7 Å². The van der Waals surface area contributed by atoms with Crippen LogP contribution in [0.5, 0.6) is 5.75 Å². The van der Waals surface area contributed by atoms with Gasteiger partial charge in [0.1, 0.15) is 11.6 Å². The van der Waals surface area contributed by atoms with Gasteiger partial charge >= 0.3 is 6.18 Å². The predicted octanol–water partition coefficient (Wildman–Crippen LogP) is 5.78. The summed E-state index contributed by atoms with van der Waals surface area (Å²) in [6, 6.07) is 7.56. The molecule has 1 amide bonds. The summed E-state index contributed by atoms with van der Waals surface area (Å²) in [4.78, 5) is 14.4. The molecule has 6 nitrogen and oxygen atoms in total. The van der Waals surface area contributed by atoms with Crippen LogP contribution in [-0.4, -0.2) is 63.6 Å². The molecule has 40 heavy (non-hydrogen) atoms. The van der Waals surface area contributed by atoms with Gasteiger partial charge in [-0.15, -0.1) is 11.3 Å². The number of fused-ring (bicyclic) bond motifs is 1. The lowest BCUT2D eigenvalue weighted by Crippen LogP contribution is -2.36. The van der Waals surface area contributed by atoms with Crippen molar-refractivity contribution in [2.75, 3.05) is 51.2 Å². The van der Waals surface area contributed by atoms with E-state index < -0.39 is 31.2 Å². The van der Waals surface area contributed by atoms with Gasteiger partial charge in [0.2, 0.25) is 6.86 Å². The number of amides is 1. The summed E-state index contributed by atoms with van der Waals surface area (Å²) in [6.07, 6.45) is -3.68. The number of halogens is 5. The number of nitrogens with one attached hydrogen (secondary N) is 3. The smallest absolute Gasteiger partial charge is 0.393 e. The third kappa shape index (κ3) is 7.14. The summed E-state index contributed by atoms with van der Waals surface area (Å²) in [6.45, 7) is 0.576. The number of ether oxygens (including phenoxy) is 1. The molecule has 2 aromatic carbocycles. The van der Waals surface area contributed by atoms with Crippen molar-refractivity contribution in [3.05, 3.63) is 52.2 Å². The standard InChI is InChI=1S/C28H29F5N4O2S/c1-34-27(38)19-13-24(39-16-29)23(14-21(19)30)35-10-4-7-25-20(15-28(31,32)33)18-5-3-6-22(26(18)40-25)36-17-8-11-37(2)12-9-17/h3,5-6,13-14,17,35-36H,8-12,15-16H2,1-2H3,(H,34,38). The fourth-order valence-corrected chi connectivity index (χ4v) is 5.75. The largest absolute Gasteiger partial charge is 0.461 e. The number of thiophene rings is 1. The third-order valence-electron chi connectivity index (χ3n) is 6.59. The van der Waals surface area contributed by atoms with Gasteiger partial charge in [0.05, 0.1) is 39.5 Å². The average Bonchev–Trinajstić information content (AvgIpc) is 3.25. The lowest BCUT2D eigenvalue weighted by molar-refractivity contribution is -0.126. The molecule has 0 saturated carbocycles. The second-order valence-electron chi connectivity index (χ2n) is 9.42. The van der Waals surface area contributed by atoms with Gasteiger partial charge in [-0.1, -0.05) is 24.0 Å². The summed E-state index contributed by atoms with van der Waals surface area (Å²) >= 11 is 1.19. The van der Waals surface area contributed by atoms with Crippen LogP contribution in [0.2, 0.25) is 0 Å². The molecular formula is C28H29F5N4O2S. The number of carbonyl (C=O) groups is 1. The minimum absolute atomic E-state index is 0.0496. The van der Waals surface area contributed by atoms with Crippen molar-refractivity contribution in [2.24, 2.45) is 0 Å². The molecule has 0 radical (unpaired) electrons. The van der Waals surface area contributed by atoms with Crippen molar-refractivity contribution in [1.29, 1.82) is 0 Å². The Balaban J connectivity index is 1.60. The zero-order chi connectivity index (χ0) is 28.9. The maximum Gasteiger partial charge on any atom is 0.393 e. The Kier molecular flexibility index (Phi) is 9.37. The highest BCUT2D eigenvalue weighted by Crippen LogP contribution is 2.39. The second kappa shape index (κ2) is 12.7. The van der Waals surface area contributed by atoms with Crippen LogP contribution >= 0.6 is 11.3 Å². The first kappa shape index (κ1) is 29.4. The number of benzene rings is 2. The van der Waals surface area contributed by atoms with Crippen LogP contribution in [0.4, 0.5) is 33.3 Å². The molecule has 0 spiro atoms. The lowest BCUT2D eigenvalue weighted by Gasteiger charge is -2.30. The van der Waals surface area contributed by atoms with Gasteiger partial charge in [-0.3, -0.25) is 4.79 Å². The van der Waals surface area contributed by atoms with Crippen molar-refractivity contribution in [3.8, 4) is 17.6 Å². The van der Waals surface area contributed by atoms with Crippen LogP contribution in [0.3, 0.4) is 0 Å². The number of piperidine rings is 1. The van der Waals surface area contributed by atoms with Crippen molar-refractivity contribution in [3.63, 3.8) is 0 Å². The molecule has 0 atom stereocenters. The molecule has 1 fully saturated rings. The number of anilines is 2. The minimum atomic E-state index is -4.43. The number of likely N-dealkylation sites (tertiary alicyclic amines) is 1. The van der Waals surface area contributed by atoms with E-state index in [1.165, 1.54) is 18.4 Å². The Labute approximate surface area is 232 Å². The normalized spacial score (nSPS) is 14.5. The van der Waals surface area contributed by atoms with E-state index in [-0.39, 0.29) is 40.0 Å². The van der Waals surface area contributed by atoms with E-state index in [1.807, 2.05) is 6.07 Å². The van der Waals surface area contributed by atoms with E-state index in [1.54, 1.807) is 12.1 Å². The minimum Gasteiger partial charge on any atom is -0.461 e. The molecule has 0 aliphatic carbocycles.